The molecule has 0 N–H and O–H groups in total. The number of hydrogen-bond donors (Lipinski definition) is 0. The molecule has 1 fully saturated rings. The molecule has 8 heteroatoms. The van der Waals surface area contributed by atoms with Gasteiger partial charge in [0.1, 0.15) is 0 Å². The van der Waals surface area contributed by atoms with Gasteiger partial charge >= 0.3 is 0 Å². The Morgan fingerprint density at radius 2 is 1.84 bits per heavy atom. The average molecular weight is 373 g/mol. The molecule has 25 heavy (non-hydrogen) atoms. The molecule has 0 saturated carbocycles. The molecular formula is C17H32N4O3S. The van der Waals surface area contributed by atoms with Gasteiger partial charge in [-0.15, -0.1) is 5.10 Å². The minimum Gasteiger partial charge on any atom is -0.373 e. The Balaban J connectivity index is 2.01. The van der Waals surface area contributed by atoms with E-state index in [1.165, 1.54) is 0 Å². The summed E-state index contributed by atoms with van der Waals surface area (Å²) >= 11 is 0. The Labute approximate surface area is 151 Å². The van der Waals surface area contributed by atoms with Gasteiger partial charge in [-0.1, -0.05) is 18.6 Å². The maximum absolute atomic E-state index is 11.6. The summed E-state index contributed by atoms with van der Waals surface area (Å²) in [6.45, 7) is 12.9. The van der Waals surface area contributed by atoms with Crippen molar-refractivity contribution in [3.63, 3.8) is 0 Å². The first kappa shape index (κ1) is 20.3. The number of sulfone groups is 1. The van der Waals surface area contributed by atoms with Gasteiger partial charge in [0.05, 0.1) is 41.1 Å². The summed E-state index contributed by atoms with van der Waals surface area (Å²) in [6.07, 6.45) is 3.86. The van der Waals surface area contributed by atoms with Crippen molar-refractivity contribution in [1.29, 1.82) is 0 Å². The lowest BCUT2D eigenvalue weighted by Crippen LogP contribution is -2.42. The normalized spacial score (nSPS) is 19.2. The fourth-order valence-corrected chi connectivity index (χ4v) is 4.40. The molecule has 0 aromatic carbocycles. The van der Waals surface area contributed by atoms with E-state index in [1.54, 1.807) is 6.20 Å². The van der Waals surface area contributed by atoms with Gasteiger partial charge < -0.3 is 4.74 Å². The second-order valence-corrected chi connectivity index (χ2v) is 10.5. The van der Waals surface area contributed by atoms with E-state index in [9.17, 15) is 8.42 Å². The van der Waals surface area contributed by atoms with Gasteiger partial charge in [0.15, 0.2) is 9.84 Å². The Kier molecular flexibility index (Phi) is 6.27. The van der Waals surface area contributed by atoms with E-state index >= 15 is 0 Å². The molecule has 0 unspecified atom stereocenters. The van der Waals surface area contributed by atoms with E-state index < -0.39 is 9.84 Å². The zero-order valence-corrected chi connectivity index (χ0v) is 17.0. The molecule has 144 valence electrons. The molecule has 7 nitrogen and oxygen atoms in total. The standard InChI is InChI=1S/C17H32N4O3S/c1-6-7-17(4,5)24-14-16(2,3)21-15(12-18-19-21)13-20-8-10-25(22,23)11-9-20/h12H,6-11,13-14H2,1-5H3. The number of rotatable bonds is 8. The van der Waals surface area contributed by atoms with Crippen molar-refractivity contribution in [1.82, 2.24) is 19.9 Å². The lowest BCUT2D eigenvalue weighted by Gasteiger charge is -2.33. The molecule has 0 radical (unpaired) electrons. The predicted octanol–water partition coefficient (Wildman–Crippen LogP) is 1.84. The maximum atomic E-state index is 11.6. The average Bonchev–Trinajstić information content (AvgIpc) is 2.97. The van der Waals surface area contributed by atoms with Gasteiger partial charge in [-0.05, 0) is 34.1 Å². The van der Waals surface area contributed by atoms with E-state index in [2.05, 4.69) is 49.8 Å². The van der Waals surface area contributed by atoms with Crippen molar-refractivity contribution >= 4 is 9.84 Å². The lowest BCUT2D eigenvalue weighted by molar-refractivity contribution is -0.0593. The Morgan fingerprint density at radius 3 is 2.44 bits per heavy atom. The molecule has 1 aromatic rings. The number of hydrogen-bond acceptors (Lipinski definition) is 6. The van der Waals surface area contributed by atoms with Crippen LogP contribution >= 0.6 is 0 Å². The Morgan fingerprint density at radius 1 is 1.20 bits per heavy atom. The van der Waals surface area contributed by atoms with E-state index in [0.29, 0.717) is 26.2 Å². The molecule has 0 aliphatic carbocycles. The zero-order valence-electron chi connectivity index (χ0n) is 16.2. The van der Waals surface area contributed by atoms with Gasteiger partial charge in [0, 0.05) is 19.6 Å². The second-order valence-electron chi connectivity index (χ2n) is 8.18. The van der Waals surface area contributed by atoms with Crippen molar-refractivity contribution in [2.45, 2.75) is 65.1 Å². The molecule has 1 aromatic heterocycles. The van der Waals surface area contributed by atoms with Crippen LogP contribution in [0.2, 0.25) is 0 Å². The third kappa shape index (κ3) is 5.76. The molecule has 1 aliphatic heterocycles. The van der Waals surface area contributed by atoms with Crippen LogP contribution < -0.4 is 0 Å². The minimum absolute atomic E-state index is 0.159. The second kappa shape index (κ2) is 7.72. The highest BCUT2D eigenvalue weighted by atomic mass is 32.2. The van der Waals surface area contributed by atoms with Gasteiger partial charge in [-0.25, -0.2) is 13.1 Å². The van der Waals surface area contributed by atoms with Crippen LogP contribution in [0, 0.1) is 0 Å². The van der Waals surface area contributed by atoms with Crippen LogP contribution in [-0.2, 0) is 26.7 Å². The van der Waals surface area contributed by atoms with Gasteiger partial charge in [-0.3, -0.25) is 4.90 Å². The Bertz CT molecular complexity index is 653. The summed E-state index contributed by atoms with van der Waals surface area (Å²) < 4.78 is 31.2. The number of nitrogens with zero attached hydrogens (tertiary/aromatic N) is 4. The van der Waals surface area contributed by atoms with Crippen LogP contribution in [-0.4, -0.2) is 65.1 Å². The molecule has 2 heterocycles. The van der Waals surface area contributed by atoms with Crippen LogP contribution in [0.25, 0.3) is 0 Å². The highest BCUT2D eigenvalue weighted by molar-refractivity contribution is 7.91. The minimum atomic E-state index is -2.86. The van der Waals surface area contributed by atoms with Crippen molar-refractivity contribution < 1.29 is 13.2 Å². The van der Waals surface area contributed by atoms with Crippen molar-refractivity contribution in [2.75, 3.05) is 31.2 Å². The van der Waals surface area contributed by atoms with Crippen LogP contribution in [0.5, 0.6) is 0 Å². The van der Waals surface area contributed by atoms with Crippen LogP contribution in [0.4, 0.5) is 0 Å². The summed E-state index contributed by atoms with van der Waals surface area (Å²) in [5, 5.41) is 8.35. The summed E-state index contributed by atoms with van der Waals surface area (Å²) in [5.41, 5.74) is 0.508. The molecule has 0 atom stereocenters. The van der Waals surface area contributed by atoms with Crippen LogP contribution in [0.1, 0.15) is 53.2 Å². The predicted molar refractivity (Wildman–Crippen MR) is 98.2 cm³/mol. The van der Waals surface area contributed by atoms with E-state index in [1.807, 2.05) is 4.68 Å². The SMILES string of the molecule is CCCC(C)(C)OCC(C)(C)n1nncc1CN1CCS(=O)(=O)CC1. The third-order valence-corrected chi connectivity index (χ3v) is 6.29. The van der Waals surface area contributed by atoms with Gasteiger partial charge in [0.25, 0.3) is 0 Å². The summed E-state index contributed by atoms with van der Waals surface area (Å²) in [4.78, 5) is 2.15. The van der Waals surface area contributed by atoms with Gasteiger partial charge in [0.2, 0.25) is 0 Å². The number of aromatic nitrogens is 3. The maximum Gasteiger partial charge on any atom is 0.152 e. The van der Waals surface area contributed by atoms with Crippen molar-refractivity contribution in [3.8, 4) is 0 Å². The smallest absolute Gasteiger partial charge is 0.152 e. The quantitative estimate of drug-likeness (QED) is 0.693. The van der Waals surface area contributed by atoms with E-state index in [4.69, 9.17) is 4.74 Å². The third-order valence-electron chi connectivity index (χ3n) is 4.68. The first-order valence-corrected chi connectivity index (χ1v) is 10.8. The summed E-state index contributed by atoms with van der Waals surface area (Å²) in [5.74, 6) is 0.457. The molecule has 2 rings (SSSR count). The fourth-order valence-electron chi connectivity index (χ4n) is 3.12. The van der Waals surface area contributed by atoms with Crippen molar-refractivity contribution in [2.24, 2.45) is 0 Å². The first-order valence-electron chi connectivity index (χ1n) is 9.01. The summed E-state index contributed by atoms with van der Waals surface area (Å²) in [7, 11) is -2.86. The zero-order chi connectivity index (χ0) is 18.7. The molecule has 0 amide bonds. The topological polar surface area (TPSA) is 77.3 Å². The summed E-state index contributed by atoms with van der Waals surface area (Å²) in [6, 6.07) is 0. The number of ether oxygens (including phenoxy) is 1. The molecule has 1 aliphatic rings. The van der Waals surface area contributed by atoms with Crippen LogP contribution in [0.3, 0.4) is 0 Å². The molecular weight excluding hydrogens is 340 g/mol. The molecule has 0 spiro atoms. The first-order chi connectivity index (χ1) is 11.5. The van der Waals surface area contributed by atoms with E-state index in [-0.39, 0.29) is 22.6 Å². The monoisotopic (exact) mass is 372 g/mol. The highest BCUT2D eigenvalue weighted by Crippen LogP contribution is 2.23. The van der Waals surface area contributed by atoms with Crippen LogP contribution in [0.15, 0.2) is 6.20 Å². The fraction of sp³-hybridized carbons (Fsp3) is 0.882. The van der Waals surface area contributed by atoms with Gasteiger partial charge in [-0.2, -0.15) is 0 Å². The lowest BCUT2D eigenvalue weighted by atomic mass is 10.0. The largest absolute Gasteiger partial charge is 0.373 e. The molecule has 1 saturated heterocycles. The van der Waals surface area contributed by atoms with E-state index in [0.717, 1.165) is 18.5 Å². The van der Waals surface area contributed by atoms with Crippen molar-refractivity contribution in [3.05, 3.63) is 11.9 Å². The molecule has 0 bridgehead atoms. The Hall–Kier alpha value is -0.990. The highest BCUT2D eigenvalue weighted by Gasteiger charge is 2.30.